The summed E-state index contributed by atoms with van der Waals surface area (Å²) in [5, 5.41) is 0. The van der Waals surface area contributed by atoms with Crippen LogP contribution in [0.1, 0.15) is 43.2 Å². The Morgan fingerprint density at radius 2 is 1.75 bits per heavy atom. The number of rotatable bonds is 2. The van der Waals surface area contributed by atoms with E-state index >= 15 is 0 Å². The average Bonchev–Trinajstić information content (AvgIpc) is 2.29. The molecule has 1 aliphatic rings. The van der Waals surface area contributed by atoms with Gasteiger partial charge in [0.1, 0.15) is 0 Å². The van der Waals surface area contributed by atoms with Crippen molar-refractivity contribution in [1.82, 2.24) is 0 Å². The van der Waals surface area contributed by atoms with Crippen LogP contribution in [0.5, 0.6) is 0 Å². The van der Waals surface area contributed by atoms with Gasteiger partial charge in [-0.15, -0.1) is 0 Å². The highest BCUT2D eigenvalue weighted by molar-refractivity contribution is 6.00. The van der Waals surface area contributed by atoms with Gasteiger partial charge in [-0.2, -0.15) is 0 Å². The van der Waals surface area contributed by atoms with Crippen molar-refractivity contribution in [3.8, 4) is 0 Å². The maximum absolute atomic E-state index is 4.70. The van der Waals surface area contributed by atoms with Gasteiger partial charge in [0.05, 0.1) is 0 Å². The lowest BCUT2D eigenvalue weighted by Crippen LogP contribution is -2.05. The van der Waals surface area contributed by atoms with Crippen LogP contribution < -0.4 is 0 Å². The Balaban J connectivity index is 2.17. The Bertz CT molecular complexity index is 373. The van der Waals surface area contributed by atoms with Gasteiger partial charge in [-0.3, -0.25) is 4.99 Å². The third kappa shape index (κ3) is 2.82. The van der Waals surface area contributed by atoms with E-state index in [2.05, 4.69) is 30.8 Å². The lowest BCUT2D eigenvalue weighted by atomic mass is 10.0. The number of benzene rings is 1. The van der Waals surface area contributed by atoms with Crippen molar-refractivity contribution < 1.29 is 0 Å². The Kier molecular flexibility index (Phi) is 3.92. The number of aliphatic imine (C=N–C) groups is 1. The summed E-state index contributed by atoms with van der Waals surface area (Å²) in [4.78, 5) is 4.70. The molecule has 0 amide bonds. The molecule has 0 aliphatic carbocycles. The molecule has 1 heteroatoms. The van der Waals surface area contributed by atoms with Gasteiger partial charge in [-0.25, -0.2) is 0 Å². The van der Waals surface area contributed by atoms with E-state index in [1.807, 2.05) is 6.08 Å². The van der Waals surface area contributed by atoms with Gasteiger partial charge >= 0.3 is 0 Å². The number of hydrogen-bond acceptors (Lipinski definition) is 1. The lowest BCUT2D eigenvalue weighted by Gasteiger charge is -2.10. The molecular formula is C15H19N. The van der Waals surface area contributed by atoms with Crippen molar-refractivity contribution in [2.75, 3.05) is 6.54 Å². The molecule has 0 N–H and O–H groups in total. The van der Waals surface area contributed by atoms with Crippen LogP contribution in [0.15, 0.2) is 35.8 Å². The zero-order valence-corrected chi connectivity index (χ0v) is 9.78. The second-order valence-corrected chi connectivity index (χ2v) is 4.32. The van der Waals surface area contributed by atoms with Crippen molar-refractivity contribution in [2.45, 2.75) is 32.1 Å². The minimum Gasteiger partial charge on any atom is -0.289 e. The minimum absolute atomic E-state index is 0.999. The monoisotopic (exact) mass is 213 g/mol. The van der Waals surface area contributed by atoms with Crippen LogP contribution in [-0.2, 0) is 0 Å². The quantitative estimate of drug-likeness (QED) is 0.702. The first-order chi connectivity index (χ1) is 7.90. The van der Waals surface area contributed by atoms with E-state index in [1.54, 1.807) is 0 Å². The standard InChI is InChI=1S/C15H19N/c1-2-13-8-10-14(11-9-13)15-7-5-3-4-6-12-16-15/h2,8-11H,1,3-7,12H2. The first kappa shape index (κ1) is 11.1. The zero-order valence-electron chi connectivity index (χ0n) is 9.78. The number of nitrogens with zero attached hydrogens (tertiary/aromatic N) is 1. The van der Waals surface area contributed by atoms with Crippen molar-refractivity contribution >= 4 is 11.8 Å². The molecule has 0 atom stereocenters. The molecule has 2 rings (SSSR count). The summed E-state index contributed by atoms with van der Waals surface area (Å²) in [6.45, 7) is 4.77. The van der Waals surface area contributed by atoms with Gasteiger partial charge in [-0.1, -0.05) is 49.8 Å². The molecule has 0 unspecified atom stereocenters. The van der Waals surface area contributed by atoms with Crippen LogP contribution >= 0.6 is 0 Å². The molecule has 0 spiro atoms. The lowest BCUT2D eigenvalue weighted by molar-refractivity contribution is 0.644. The van der Waals surface area contributed by atoms with Crippen LogP contribution in [0.3, 0.4) is 0 Å². The van der Waals surface area contributed by atoms with E-state index in [9.17, 15) is 0 Å². The molecule has 0 saturated carbocycles. The molecule has 1 heterocycles. The van der Waals surface area contributed by atoms with E-state index in [0.717, 1.165) is 13.0 Å². The molecule has 84 valence electrons. The van der Waals surface area contributed by atoms with Crippen molar-refractivity contribution in [3.05, 3.63) is 42.0 Å². The fourth-order valence-electron chi connectivity index (χ4n) is 2.10. The van der Waals surface area contributed by atoms with Crippen LogP contribution in [0.2, 0.25) is 0 Å². The van der Waals surface area contributed by atoms with Gasteiger partial charge in [0.2, 0.25) is 0 Å². The van der Waals surface area contributed by atoms with Gasteiger partial charge in [-0.05, 0) is 30.4 Å². The van der Waals surface area contributed by atoms with Gasteiger partial charge < -0.3 is 0 Å². The van der Waals surface area contributed by atoms with Crippen molar-refractivity contribution in [1.29, 1.82) is 0 Å². The molecule has 16 heavy (non-hydrogen) atoms. The van der Waals surface area contributed by atoms with E-state index in [0.29, 0.717) is 0 Å². The Labute approximate surface area is 97.9 Å². The summed E-state index contributed by atoms with van der Waals surface area (Å²) in [5.74, 6) is 0. The Morgan fingerprint density at radius 1 is 1.00 bits per heavy atom. The normalized spacial score (nSPS) is 17.1. The number of hydrogen-bond donors (Lipinski definition) is 0. The maximum atomic E-state index is 4.70. The highest BCUT2D eigenvalue weighted by Crippen LogP contribution is 2.15. The molecule has 1 aromatic carbocycles. The summed E-state index contributed by atoms with van der Waals surface area (Å²) in [6.07, 6.45) is 8.23. The van der Waals surface area contributed by atoms with E-state index < -0.39 is 0 Å². The van der Waals surface area contributed by atoms with Crippen molar-refractivity contribution in [2.24, 2.45) is 4.99 Å². The summed E-state index contributed by atoms with van der Waals surface area (Å²) < 4.78 is 0. The summed E-state index contributed by atoms with van der Waals surface area (Å²) in [7, 11) is 0. The maximum Gasteiger partial charge on any atom is 0.0420 e. The molecule has 0 aromatic heterocycles. The van der Waals surface area contributed by atoms with Crippen molar-refractivity contribution in [3.63, 3.8) is 0 Å². The Morgan fingerprint density at radius 3 is 2.50 bits per heavy atom. The molecule has 0 saturated heterocycles. The molecule has 0 fully saturated rings. The first-order valence-electron chi connectivity index (χ1n) is 6.16. The van der Waals surface area contributed by atoms with Gasteiger partial charge in [0, 0.05) is 12.3 Å². The third-order valence-corrected chi connectivity index (χ3v) is 3.10. The highest BCUT2D eigenvalue weighted by Gasteiger charge is 2.05. The second-order valence-electron chi connectivity index (χ2n) is 4.32. The van der Waals surface area contributed by atoms with Crippen LogP contribution in [0.25, 0.3) is 6.08 Å². The van der Waals surface area contributed by atoms with E-state index in [1.165, 1.54) is 42.5 Å². The molecular weight excluding hydrogens is 194 g/mol. The SMILES string of the molecule is C=Cc1ccc(C2=NCCCCCC2)cc1. The molecule has 0 bridgehead atoms. The second kappa shape index (κ2) is 5.64. The Hall–Kier alpha value is -1.37. The fraction of sp³-hybridized carbons (Fsp3) is 0.400. The molecule has 1 nitrogen and oxygen atoms in total. The molecule has 1 aromatic rings. The van der Waals surface area contributed by atoms with E-state index in [-0.39, 0.29) is 0 Å². The summed E-state index contributed by atoms with van der Waals surface area (Å²) >= 11 is 0. The smallest absolute Gasteiger partial charge is 0.0420 e. The minimum atomic E-state index is 0.999. The summed E-state index contributed by atoms with van der Waals surface area (Å²) in [5.41, 5.74) is 3.75. The molecule has 1 aliphatic heterocycles. The van der Waals surface area contributed by atoms with Gasteiger partial charge in [0.25, 0.3) is 0 Å². The highest BCUT2D eigenvalue weighted by atomic mass is 14.7. The predicted molar refractivity (Wildman–Crippen MR) is 71.0 cm³/mol. The van der Waals surface area contributed by atoms with E-state index in [4.69, 9.17) is 4.99 Å². The fourth-order valence-corrected chi connectivity index (χ4v) is 2.10. The largest absolute Gasteiger partial charge is 0.289 e. The topological polar surface area (TPSA) is 12.4 Å². The van der Waals surface area contributed by atoms with Gasteiger partial charge in [0.15, 0.2) is 0 Å². The van der Waals surface area contributed by atoms with Crippen LogP contribution in [0.4, 0.5) is 0 Å². The summed E-state index contributed by atoms with van der Waals surface area (Å²) in [6, 6.07) is 8.56. The molecule has 0 radical (unpaired) electrons. The predicted octanol–water partition coefficient (Wildman–Crippen LogP) is 4.08. The third-order valence-electron chi connectivity index (χ3n) is 3.10. The zero-order chi connectivity index (χ0) is 11.2. The first-order valence-corrected chi connectivity index (χ1v) is 6.16. The van der Waals surface area contributed by atoms with Crippen LogP contribution in [-0.4, -0.2) is 12.3 Å². The average molecular weight is 213 g/mol. The van der Waals surface area contributed by atoms with Crippen LogP contribution in [0, 0.1) is 0 Å².